The van der Waals surface area contributed by atoms with Crippen LogP contribution in [0.3, 0.4) is 0 Å². The lowest BCUT2D eigenvalue weighted by atomic mass is 10.4. The summed E-state index contributed by atoms with van der Waals surface area (Å²) in [5, 5.41) is 9.93. The zero-order chi connectivity index (χ0) is 11.1. The van der Waals surface area contributed by atoms with E-state index in [4.69, 9.17) is 5.41 Å². The van der Waals surface area contributed by atoms with Gasteiger partial charge in [-0.25, -0.2) is 4.98 Å². The summed E-state index contributed by atoms with van der Waals surface area (Å²) in [4.78, 5) is 15.7. The van der Waals surface area contributed by atoms with Crippen molar-refractivity contribution in [3.05, 3.63) is 22.8 Å². The lowest BCUT2D eigenvalue weighted by Gasteiger charge is -2.11. The van der Waals surface area contributed by atoms with Crippen molar-refractivity contribution in [2.24, 2.45) is 0 Å². The highest BCUT2D eigenvalue weighted by molar-refractivity contribution is 9.10. The second kappa shape index (κ2) is 6.13. The Balaban J connectivity index is 2.34. The van der Waals surface area contributed by atoms with Crippen LogP contribution in [0.15, 0.2) is 22.8 Å². The molecule has 15 heavy (non-hydrogen) atoms. The first-order valence-corrected chi connectivity index (χ1v) is 5.12. The number of carbonyl (C=O) groups excluding carboxylic acids is 1. The van der Waals surface area contributed by atoms with Crippen molar-refractivity contribution in [3.63, 3.8) is 0 Å². The Bertz CT molecular complexity index is 319. The molecular weight excluding hydrogens is 260 g/mol. The van der Waals surface area contributed by atoms with Crippen LogP contribution in [0.25, 0.3) is 0 Å². The van der Waals surface area contributed by atoms with Crippen molar-refractivity contribution in [2.45, 2.75) is 0 Å². The van der Waals surface area contributed by atoms with Crippen LogP contribution in [0.5, 0.6) is 0 Å². The molecule has 2 N–H and O–H groups in total. The van der Waals surface area contributed by atoms with Crippen molar-refractivity contribution in [1.29, 1.82) is 5.41 Å². The number of hydrogen-bond acceptors (Lipinski definition) is 4. The van der Waals surface area contributed by atoms with Crippen LogP contribution in [-0.4, -0.2) is 35.7 Å². The molecule has 0 aliphatic heterocycles. The Labute approximate surface area is 96.1 Å². The maximum Gasteiger partial charge on any atom is 0.214 e. The van der Waals surface area contributed by atoms with Gasteiger partial charge < -0.3 is 10.2 Å². The van der Waals surface area contributed by atoms with E-state index in [1.165, 1.54) is 4.90 Å². The SMILES string of the molecule is N=CN(C=O)CCNc1ccc(Br)cn1. The minimum absolute atomic E-state index is 0.449. The third-order valence-electron chi connectivity index (χ3n) is 1.70. The Morgan fingerprint density at radius 1 is 1.60 bits per heavy atom. The van der Waals surface area contributed by atoms with Gasteiger partial charge in [0.25, 0.3) is 0 Å². The number of hydrogen-bond donors (Lipinski definition) is 2. The van der Waals surface area contributed by atoms with Gasteiger partial charge in [0.05, 0.1) is 6.34 Å². The number of nitrogens with zero attached hydrogens (tertiary/aromatic N) is 2. The summed E-state index contributed by atoms with van der Waals surface area (Å²) >= 11 is 3.28. The Kier molecular flexibility index (Phi) is 4.76. The molecule has 1 amide bonds. The minimum Gasteiger partial charge on any atom is -0.368 e. The quantitative estimate of drug-likeness (QED) is 0.466. The Morgan fingerprint density at radius 3 is 2.93 bits per heavy atom. The molecule has 0 saturated heterocycles. The maximum absolute atomic E-state index is 10.3. The molecule has 0 saturated carbocycles. The van der Waals surface area contributed by atoms with Gasteiger partial charge in [-0.15, -0.1) is 0 Å². The molecule has 1 heterocycles. The molecule has 0 aromatic carbocycles. The first-order chi connectivity index (χ1) is 7.26. The van der Waals surface area contributed by atoms with Gasteiger partial charge in [0.2, 0.25) is 6.41 Å². The van der Waals surface area contributed by atoms with E-state index >= 15 is 0 Å². The molecule has 0 radical (unpaired) electrons. The van der Waals surface area contributed by atoms with Gasteiger partial charge >= 0.3 is 0 Å². The number of anilines is 1. The third-order valence-corrected chi connectivity index (χ3v) is 2.17. The molecule has 6 heteroatoms. The van der Waals surface area contributed by atoms with E-state index in [9.17, 15) is 4.79 Å². The fourth-order valence-corrected chi connectivity index (χ4v) is 1.18. The van der Waals surface area contributed by atoms with Gasteiger partial charge in [-0.1, -0.05) is 0 Å². The zero-order valence-electron chi connectivity index (χ0n) is 7.98. The molecule has 1 aromatic heterocycles. The normalized spacial score (nSPS) is 9.40. The molecule has 5 nitrogen and oxygen atoms in total. The largest absolute Gasteiger partial charge is 0.368 e. The van der Waals surface area contributed by atoms with Crippen molar-refractivity contribution in [3.8, 4) is 0 Å². The molecule has 1 aromatic rings. The highest BCUT2D eigenvalue weighted by atomic mass is 79.9. The first-order valence-electron chi connectivity index (χ1n) is 4.33. The van der Waals surface area contributed by atoms with Crippen molar-refractivity contribution < 1.29 is 4.79 Å². The molecule has 0 aliphatic rings. The molecule has 0 unspecified atom stereocenters. The average Bonchev–Trinajstić information content (AvgIpc) is 2.27. The fourth-order valence-electron chi connectivity index (χ4n) is 0.941. The van der Waals surface area contributed by atoms with E-state index in [0.717, 1.165) is 16.6 Å². The van der Waals surface area contributed by atoms with E-state index in [1.54, 1.807) is 6.20 Å². The fraction of sp³-hybridized carbons (Fsp3) is 0.222. The predicted molar refractivity (Wildman–Crippen MR) is 62.0 cm³/mol. The zero-order valence-corrected chi connectivity index (χ0v) is 9.57. The summed E-state index contributed by atoms with van der Waals surface area (Å²) in [6.07, 6.45) is 3.30. The first kappa shape index (κ1) is 11.6. The summed E-state index contributed by atoms with van der Waals surface area (Å²) in [5.74, 6) is 0.744. The lowest BCUT2D eigenvalue weighted by molar-refractivity contribution is -0.114. The number of amides is 1. The van der Waals surface area contributed by atoms with Crippen molar-refractivity contribution in [2.75, 3.05) is 18.4 Å². The van der Waals surface area contributed by atoms with Crippen LogP contribution in [0.4, 0.5) is 5.82 Å². The average molecular weight is 271 g/mol. The molecular formula is C9H11BrN4O. The second-order valence-electron chi connectivity index (χ2n) is 2.76. The summed E-state index contributed by atoms with van der Waals surface area (Å²) in [6, 6.07) is 3.71. The summed E-state index contributed by atoms with van der Waals surface area (Å²) < 4.78 is 0.919. The molecule has 0 fully saturated rings. The van der Waals surface area contributed by atoms with Crippen LogP contribution < -0.4 is 5.32 Å². The minimum atomic E-state index is 0.449. The number of aromatic nitrogens is 1. The summed E-state index contributed by atoms with van der Waals surface area (Å²) in [7, 11) is 0. The van der Waals surface area contributed by atoms with Crippen molar-refractivity contribution in [1.82, 2.24) is 9.88 Å². The monoisotopic (exact) mass is 270 g/mol. The van der Waals surface area contributed by atoms with Gasteiger partial charge in [0, 0.05) is 23.8 Å². The van der Waals surface area contributed by atoms with Crippen LogP contribution in [-0.2, 0) is 4.79 Å². The van der Waals surface area contributed by atoms with E-state index in [1.807, 2.05) is 12.1 Å². The second-order valence-corrected chi connectivity index (χ2v) is 3.68. The van der Waals surface area contributed by atoms with Gasteiger partial charge in [-0.2, -0.15) is 0 Å². The standard InChI is InChI=1S/C9H11BrN4O/c10-8-1-2-9(13-5-8)12-3-4-14(6-11)7-15/h1-2,5-7,11H,3-4H2,(H,12,13). The van der Waals surface area contributed by atoms with E-state index in [2.05, 4.69) is 26.2 Å². The van der Waals surface area contributed by atoms with Gasteiger partial charge in [0.15, 0.2) is 0 Å². The number of carbonyl (C=O) groups is 1. The number of nitrogens with one attached hydrogen (secondary N) is 2. The number of halogens is 1. The lowest BCUT2D eigenvalue weighted by Crippen LogP contribution is -2.26. The van der Waals surface area contributed by atoms with Crippen LogP contribution in [0.2, 0.25) is 0 Å². The van der Waals surface area contributed by atoms with E-state index < -0.39 is 0 Å². The molecule has 1 rings (SSSR count). The Hall–Kier alpha value is -1.43. The smallest absolute Gasteiger partial charge is 0.214 e. The molecule has 0 aliphatic carbocycles. The summed E-state index contributed by atoms with van der Waals surface area (Å²) in [5.41, 5.74) is 0. The molecule has 0 atom stereocenters. The molecule has 80 valence electrons. The van der Waals surface area contributed by atoms with Crippen molar-refractivity contribution >= 4 is 34.5 Å². The highest BCUT2D eigenvalue weighted by Crippen LogP contribution is 2.09. The molecule has 0 spiro atoms. The highest BCUT2D eigenvalue weighted by Gasteiger charge is 1.97. The van der Waals surface area contributed by atoms with Crippen LogP contribution in [0.1, 0.15) is 0 Å². The van der Waals surface area contributed by atoms with Gasteiger partial charge in [-0.3, -0.25) is 10.2 Å². The van der Waals surface area contributed by atoms with Crippen LogP contribution >= 0.6 is 15.9 Å². The summed E-state index contributed by atoms with van der Waals surface area (Å²) in [6.45, 7) is 1.01. The maximum atomic E-state index is 10.3. The molecule has 0 bridgehead atoms. The predicted octanol–water partition coefficient (Wildman–Crippen LogP) is 1.32. The number of pyridine rings is 1. The van der Waals surface area contributed by atoms with E-state index in [0.29, 0.717) is 19.5 Å². The van der Waals surface area contributed by atoms with Gasteiger partial charge in [0.1, 0.15) is 5.82 Å². The van der Waals surface area contributed by atoms with Gasteiger partial charge in [-0.05, 0) is 28.1 Å². The topological polar surface area (TPSA) is 69.1 Å². The Morgan fingerprint density at radius 2 is 2.40 bits per heavy atom. The third kappa shape index (κ3) is 4.07. The van der Waals surface area contributed by atoms with Crippen LogP contribution in [0, 0.1) is 5.41 Å². The van der Waals surface area contributed by atoms with E-state index in [-0.39, 0.29) is 0 Å². The number of rotatable bonds is 6.